The number of aromatic carboxylic acids is 1. The van der Waals surface area contributed by atoms with Crippen LogP contribution in [0.15, 0.2) is 6.07 Å². The van der Waals surface area contributed by atoms with E-state index in [0.717, 1.165) is 37.4 Å². The first-order valence-corrected chi connectivity index (χ1v) is 7.25. The molecule has 0 radical (unpaired) electrons. The molecule has 0 saturated carbocycles. The molecule has 0 spiro atoms. The highest BCUT2D eigenvalue weighted by Crippen LogP contribution is 2.18. The van der Waals surface area contributed by atoms with Crippen LogP contribution in [0.3, 0.4) is 0 Å². The molecule has 2 rings (SSSR count). The Kier molecular flexibility index (Phi) is 4.95. The SMILES string of the molecule is Cc1cc(C)c(C(=O)O)c(NCCN2CCCCC2)n1. The average Bonchev–Trinajstić information content (AvgIpc) is 2.38. The van der Waals surface area contributed by atoms with E-state index >= 15 is 0 Å². The number of carbonyl (C=O) groups is 1. The molecule has 0 aliphatic carbocycles. The predicted octanol–water partition coefficient (Wildman–Crippen LogP) is 2.29. The van der Waals surface area contributed by atoms with Crippen molar-refractivity contribution in [1.29, 1.82) is 0 Å². The molecule has 5 heteroatoms. The van der Waals surface area contributed by atoms with Crippen molar-refractivity contribution >= 4 is 11.8 Å². The first-order chi connectivity index (χ1) is 9.58. The van der Waals surface area contributed by atoms with Gasteiger partial charge >= 0.3 is 5.97 Å². The van der Waals surface area contributed by atoms with Gasteiger partial charge in [-0.25, -0.2) is 9.78 Å². The van der Waals surface area contributed by atoms with Gasteiger partial charge in [0, 0.05) is 18.8 Å². The highest BCUT2D eigenvalue weighted by molar-refractivity contribution is 5.94. The van der Waals surface area contributed by atoms with Gasteiger partial charge in [0.05, 0.1) is 0 Å². The van der Waals surface area contributed by atoms with Crippen LogP contribution < -0.4 is 5.32 Å². The molecule has 1 aliphatic rings. The number of carboxylic acids is 1. The maximum atomic E-state index is 11.3. The number of aryl methyl sites for hydroxylation is 2. The minimum absolute atomic E-state index is 0.286. The molecule has 20 heavy (non-hydrogen) atoms. The average molecular weight is 277 g/mol. The second kappa shape index (κ2) is 6.70. The summed E-state index contributed by atoms with van der Waals surface area (Å²) in [5, 5.41) is 12.5. The zero-order chi connectivity index (χ0) is 14.5. The summed E-state index contributed by atoms with van der Waals surface area (Å²) in [6.45, 7) is 7.66. The van der Waals surface area contributed by atoms with Gasteiger partial charge in [-0.15, -0.1) is 0 Å². The number of likely N-dealkylation sites (tertiary alicyclic amines) is 1. The number of piperidine rings is 1. The van der Waals surface area contributed by atoms with Crippen LogP contribution in [-0.2, 0) is 0 Å². The maximum Gasteiger partial charge on any atom is 0.339 e. The number of aromatic nitrogens is 1. The van der Waals surface area contributed by atoms with E-state index in [9.17, 15) is 9.90 Å². The van der Waals surface area contributed by atoms with E-state index in [1.54, 1.807) is 6.07 Å². The van der Waals surface area contributed by atoms with Crippen LogP contribution in [0.2, 0.25) is 0 Å². The van der Waals surface area contributed by atoms with Crippen LogP contribution in [0.5, 0.6) is 0 Å². The van der Waals surface area contributed by atoms with E-state index in [4.69, 9.17) is 0 Å². The fourth-order valence-electron chi connectivity index (χ4n) is 2.75. The van der Waals surface area contributed by atoms with Crippen LogP contribution in [0.1, 0.15) is 40.9 Å². The Hall–Kier alpha value is -1.62. The third-order valence-corrected chi connectivity index (χ3v) is 3.73. The molecule has 1 fully saturated rings. The minimum Gasteiger partial charge on any atom is -0.478 e. The molecule has 0 aromatic carbocycles. The second-order valence-corrected chi connectivity index (χ2v) is 5.44. The lowest BCUT2D eigenvalue weighted by Crippen LogP contribution is -2.34. The normalized spacial score (nSPS) is 16.1. The quantitative estimate of drug-likeness (QED) is 0.864. The molecule has 5 nitrogen and oxygen atoms in total. The van der Waals surface area contributed by atoms with E-state index in [0.29, 0.717) is 5.82 Å². The van der Waals surface area contributed by atoms with Crippen molar-refractivity contribution in [2.75, 3.05) is 31.5 Å². The maximum absolute atomic E-state index is 11.3. The number of anilines is 1. The molecule has 1 saturated heterocycles. The van der Waals surface area contributed by atoms with Gasteiger partial charge in [0.1, 0.15) is 11.4 Å². The lowest BCUT2D eigenvalue weighted by Gasteiger charge is -2.26. The Morgan fingerprint density at radius 2 is 2.05 bits per heavy atom. The Morgan fingerprint density at radius 1 is 1.35 bits per heavy atom. The number of rotatable bonds is 5. The topological polar surface area (TPSA) is 65.5 Å². The fraction of sp³-hybridized carbons (Fsp3) is 0.600. The van der Waals surface area contributed by atoms with Crippen LogP contribution in [-0.4, -0.2) is 47.1 Å². The molecule has 1 aromatic heterocycles. The standard InChI is InChI=1S/C15H23N3O2/c1-11-10-12(2)17-14(13(11)15(19)20)16-6-9-18-7-4-3-5-8-18/h10H,3-9H2,1-2H3,(H,16,17)(H,19,20). The van der Waals surface area contributed by atoms with Crippen molar-refractivity contribution in [1.82, 2.24) is 9.88 Å². The highest BCUT2D eigenvalue weighted by atomic mass is 16.4. The van der Waals surface area contributed by atoms with E-state index in [1.807, 2.05) is 13.8 Å². The second-order valence-electron chi connectivity index (χ2n) is 5.44. The number of pyridine rings is 1. The van der Waals surface area contributed by atoms with Crippen molar-refractivity contribution in [3.63, 3.8) is 0 Å². The largest absolute Gasteiger partial charge is 0.478 e. The van der Waals surface area contributed by atoms with Gasteiger partial charge in [-0.3, -0.25) is 0 Å². The number of nitrogens with zero attached hydrogens (tertiary/aromatic N) is 2. The number of nitrogens with one attached hydrogen (secondary N) is 1. The monoisotopic (exact) mass is 277 g/mol. The molecular weight excluding hydrogens is 254 g/mol. The molecule has 2 N–H and O–H groups in total. The van der Waals surface area contributed by atoms with Crippen molar-refractivity contribution in [3.8, 4) is 0 Å². The Morgan fingerprint density at radius 3 is 2.70 bits per heavy atom. The van der Waals surface area contributed by atoms with E-state index in [-0.39, 0.29) is 5.56 Å². The molecule has 1 aliphatic heterocycles. The number of hydrogen-bond donors (Lipinski definition) is 2. The first-order valence-electron chi connectivity index (χ1n) is 7.25. The molecule has 0 bridgehead atoms. The van der Waals surface area contributed by atoms with Crippen LogP contribution in [0.25, 0.3) is 0 Å². The van der Waals surface area contributed by atoms with Crippen molar-refractivity contribution < 1.29 is 9.90 Å². The fourth-order valence-corrected chi connectivity index (χ4v) is 2.75. The minimum atomic E-state index is -0.921. The van der Waals surface area contributed by atoms with E-state index < -0.39 is 5.97 Å². The third kappa shape index (κ3) is 3.70. The summed E-state index contributed by atoms with van der Waals surface area (Å²) >= 11 is 0. The predicted molar refractivity (Wildman–Crippen MR) is 79.5 cm³/mol. The van der Waals surface area contributed by atoms with Gasteiger partial charge in [-0.05, 0) is 51.4 Å². The summed E-state index contributed by atoms with van der Waals surface area (Å²) in [7, 11) is 0. The summed E-state index contributed by atoms with van der Waals surface area (Å²) < 4.78 is 0. The highest BCUT2D eigenvalue weighted by Gasteiger charge is 2.16. The van der Waals surface area contributed by atoms with Crippen LogP contribution >= 0.6 is 0 Å². The van der Waals surface area contributed by atoms with Gasteiger partial charge in [-0.1, -0.05) is 6.42 Å². The van der Waals surface area contributed by atoms with Crippen LogP contribution in [0.4, 0.5) is 5.82 Å². The van der Waals surface area contributed by atoms with Gasteiger partial charge in [0.2, 0.25) is 0 Å². The molecule has 0 amide bonds. The molecule has 110 valence electrons. The lowest BCUT2D eigenvalue weighted by molar-refractivity contribution is 0.0697. The summed E-state index contributed by atoms with van der Waals surface area (Å²) in [6.07, 6.45) is 3.86. The summed E-state index contributed by atoms with van der Waals surface area (Å²) in [6, 6.07) is 1.80. The van der Waals surface area contributed by atoms with Gasteiger partial charge in [0.25, 0.3) is 0 Å². The van der Waals surface area contributed by atoms with Gasteiger partial charge in [0.15, 0.2) is 0 Å². The molecular formula is C15H23N3O2. The van der Waals surface area contributed by atoms with Crippen molar-refractivity contribution in [2.45, 2.75) is 33.1 Å². The van der Waals surface area contributed by atoms with Gasteiger partial charge in [-0.2, -0.15) is 0 Å². The zero-order valence-corrected chi connectivity index (χ0v) is 12.3. The molecule has 1 aromatic rings. The number of hydrogen-bond acceptors (Lipinski definition) is 4. The van der Waals surface area contributed by atoms with E-state index in [2.05, 4.69) is 15.2 Å². The third-order valence-electron chi connectivity index (χ3n) is 3.73. The van der Waals surface area contributed by atoms with Crippen LogP contribution in [0, 0.1) is 13.8 Å². The summed E-state index contributed by atoms with van der Waals surface area (Å²) in [4.78, 5) is 18.1. The van der Waals surface area contributed by atoms with E-state index in [1.165, 1.54) is 19.3 Å². The molecule has 2 heterocycles. The Labute approximate surface area is 120 Å². The molecule has 0 unspecified atom stereocenters. The lowest BCUT2D eigenvalue weighted by atomic mass is 10.1. The molecule has 0 atom stereocenters. The van der Waals surface area contributed by atoms with Gasteiger partial charge < -0.3 is 15.3 Å². The Bertz CT molecular complexity index is 482. The first kappa shape index (κ1) is 14.8. The smallest absolute Gasteiger partial charge is 0.339 e. The van der Waals surface area contributed by atoms with Crippen molar-refractivity contribution in [2.24, 2.45) is 0 Å². The Balaban J connectivity index is 1.99. The summed E-state index contributed by atoms with van der Waals surface area (Å²) in [5.74, 6) is -0.428. The summed E-state index contributed by atoms with van der Waals surface area (Å²) in [5.41, 5.74) is 1.88. The zero-order valence-electron chi connectivity index (χ0n) is 12.3. The van der Waals surface area contributed by atoms with Crippen molar-refractivity contribution in [3.05, 3.63) is 22.9 Å². The number of carboxylic acid groups (broad SMARTS) is 1.